The molecule has 0 atom stereocenters. The Morgan fingerprint density at radius 2 is 2.00 bits per heavy atom. The summed E-state index contributed by atoms with van der Waals surface area (Å²) in [7, 11) is 0. The van der Waals surface area contributed by atoms with E-state index in [1.54, 1.807) is 24.7 Å². The van der Waals surface area contributed by atoms with Crippen LogP contribution < -0.4 is 10.5 Å². The van der Waals surface area contributed by atoms with Gasteiger partial charge in [0.25, 0.3) is 0 Å². The summed E-state index contributed by atoms with van der Waals surface area (Å²) in [5.74, 6) is 1.10. The van der Waals surface area contributed by atoms with E-state index in [2.05, 4.69) is 28.8 Å². The highest BCUT2D eigenvalue weighted by Gasteiger charge is 2.11. The van der Waals surface area contributed by atoms with E-state index in [1.165, 1.54) is 6.33 Å². The number of aromatic nitrogens is 3. The summed E-state index contributed by atoms with van der Waals surface area (Å²) in [6.45, 7) is 4.78. The molecule has 2 N–H and O–H groups in total. The van der Waals surface area contributed by atoms with Crippen LogP contribution >= 0.6 is 12.2 Å². The van der Waals surface area contributed by atoms with Crippen LogP contribution in [0.1, 0.15) is 19.5 Å². The minimum Gasteiger partial charge on any atom is -0.491 e. The fourth-order valence-corrected chi connectivity index (χ4v) is 1.72. The number of ether oxygens (including phenoxy) is 1. The predicted molar refractivity (Wildman–Crippen MR) is 81.5 cm³/mol. The second kappa shape index (κ2) is 6.38. The number of thiocarbonyl (C=S) groups is 1. The number of nitrogens with two attached hydrogens (primary N) is 1. The van der Waals surface area contributed by atoms with Crippen molar-refractivity contribution in [3.05, 3.63) is 36.7 Å². The lowest BCUT2D eigenvalue weighted by Crippen LogP contribution is -2.12. The molecule has 2 aromatic heterocycles. The molecule has 2 aromatic rings. The lowest BCUT2D eigenvalue weighted by molar-refractivity contribution is 0.271. The molecule has 0 aromatic carbocycles. The molecule has 0 aliphatic carbocycles. The number of rotatable bonds is 5. The van der Waals surface area contributed by atoms with Gasteiger partial charge in [-0.3, -0.25) is 0 Å². The zero-order valence-electron chi connectivity index (χ0n) is 11.4. The molecule has 6 heteroatoms. The van der Waals surface area contributed by atoms with Crippen molar-refractivity contribution in [1.82, 2.24) is 15.0 Å². The summed E-state index contributed by atoms with van der Waals surface area (Å²) in [4.78, 5) is 12.5. The first-order valence-electron chi connectivity index (χ1n) is 6.26. The third-order valence-electron chi connectivity index (χ3n) is 2.56. The SMILES string of the molecule is CC(C)COc1cnc(C(N)=S)cc1-c1cncnc1. The standard InChI is InChI=1S/C14H16N4OS/c1-9(2)7-19-13-6-18-12(14(15)20)3-11(13)10-4-16-8-17-5-10/h3-6,8-9H,7H2,1-2H3,(H2,15,20). The Morgan fingerprint density at radius 1 is 1.30 bits per heavy atom. The van der Waals surface area contributed by atoms with Gasteiger partial charge in [-0.15, -0.1) is 0 Å². The van der Waals surface area contributed by atoms with Gasteiger partial charge in [0, 0.05) is 23.5 Å². The maximum Gasteiger partial charge on any atom is 0.145 e. The first-order valence-corrected chi connectivity index (χ1v) is 6.66. The van der Waals surface area contributed by atoms with Crippen molar-refractivity contribution in [3.8, 4) is 16.9 Å². The summed E-state index contributed by atoms with van der Waals surface area (Å²) in [6.07, 6.45) is 6.55. The summed E-state index contributed by atoms with van der Waals surface area (Å²) in [6, 6.07) is 1.80. The molecule has 0 bridgehead atoms. The third-order valence-corrected chi connectivity index (χ3v) is 2.77. The van der Waals surface area contributed by atoms with Gasteiger partial charge < -0.3 is 10.5 Å². The average molecular weight is 288 g/mol. The number of hydrogen-bond acceptors (Lipinski definition) is 5. The fourth-order valence-electron chi connectivity index (χ4n) is 1.61. The molecule has 2 rings (SSSR count). The van der Waals surface area contributed by atoms with E-state index in [0.717, 1.165) is 11.1 Å². The van der Waals surface area contributed by atoms with Crippen LogP contribution in [-0.4, -0.2) is 26.5 Å². The normalized spacial score (nSPS) is 10.6. The molecular weight excluding hydrogens is 272 g/mol. The molecule has 0 saturated carbocycles. The van der Waals surface area contributed by atoms with E-state index in [1.807, 2.05) is 0 Å². The first kappa shape index (κ1) is 14.3. The third kappa shape index (κ3) is 3.48. The summed E-state index contributed by atoms with van der Waals surface area (Å²) in [5.41, 5.74) is 7.86. The topological polar surface area (TPSA) is 73.9 Å². The van der Waals surface area contributed by atoms with Crippen molar-refractivity contribution < 1.29 is 4.74 Å². The van der Waals surface area contributed by atoms with E-state index in [-0.39, 0.29) is 4.99 Å². The van der Waals surface area contributed by atoms with Crippen LogP contribution in [0, 0.1) is 5.92 Å². The second-order valence-corrected chi connectivity index (χ2v) is 5.20. The minimum atomic E-state index is 0.249. The molecule has 0 saturated heterocycles. The lowest BCUT2D eigenvalue weighted by Gasteiger charge is -2.13. The largest absolute Gasteiger partial charge is 0.491 e. The molecule has 2 heterocycles. The first-order chi connectivity index (χ1) is 9.58. The lowest BCUT2D eigenvalue weighted by atomic mass is 10.1. The molecule has 0 aliphatic heterocycles. The minimum absolute atomic E-state index is 0.249. The zero-order valence-corrected chi connectivity index (χ0v) is 12.2. The Morgan fingerprint density at radius 3 is 2.60 bits per heavy atom. The van der Waals surface area contributed by atoms with Crippen LogP contribution in [0.2, 0.25) is 0 Å². The van der Waals surface area contributed by atoms with E-state index in [0.29, 0.717) is 24.0 Å². The van der Waals surface area contributed by atoms with E-state index >= 15 is 0 Å². The maximum absolute atomic E-state index is 5.79. The van der Waals surface area contributed by atoms with Crippen LogP contribution in [0.4, 0.5) is 0 Å². The Labute approximate surface area is 123 Å². The molecule has 5 nitrogen and oxygen atoms in total. The van der Waals surface area contributed by atoms with Gasteiger partial charge in [0.05, 0.1) is 18.5 Å². The van der Waals surface area contributed by atoms with Crippen LogP contribution in [0.3, 0.4) is 0 Å². The van der Waals surface area contributed by atoms with Crippen LogP contribution in [0.15, 0.2) is 31.0 Å². The quantitative estimate of drug-likeness (QED) is 0.850. The van der Waals surface area contributed by atoms with Crippen LogP contribution in [-0.2, 0) is 0 Å². The number of nitrogens with zero attached hydrogens (tertiary/aromatic N) is 3. The zero-order chi connectivity index (χ0) is 14.5. The monoisotopic (exact) mass is 288 g/mol. The Balaban J connectivity index is 2.43. The molecule has 104 valence electrons. The average Bonchev–Trinajstić information content (AvgIpc) is 2.45. The van der Waals surface area contributed by atoms with Crippen molar-refractivity contribution in [2.24, 2.45) is 11.7 Å². The van der Waals surface area contributed by atoms with Crippen molar-refractivity contribution in [2.75, 3.05) is 6.61 Å². The highest BCUT2D eigenvalue weighted by molar-refractivity contribution is 7.80. The molecule has 0 fully saturated rings. The number of hydrogen-bond donors (Lipinski definition) is 1. The van der Waals surface area contributed by atoms with Gasteiger partial charge in [0.15, 0.2) is 0 Å². The van der Waals surface area contributed by atoms with E-state index in [9.17, 15) is 0 Å². The smallest absolute Gasteiger partial charge is 0.145 e. The van der Waals surface area contributed by atoms with Gasteiger partial charge in [-0.2, -0.15) is 0 Å². The van der Waals surface area contributed by atoms with Crippen molar-refractivity contribution >= 4 is 17.2 Å². The van der Waals surface area contributed by atoms with Crippen LogP contribution in [0.5, 0.6) is 5.75 Å². The van der Waals surface area contributed by atoms with Gasteiger partial charge in [0.1, 0.15) is 17.1 Å². The molecule has 0 aliphatic rings. The summed E-state index contributed by atoms with van der Waals surface area (Å²) in [5, 5.41) is 0. The predicted octanol–water partition coefficient (Wildman–Crippen LogP) is 2.21. The Kier molecular flexibility index (Phi) is 4.57. The van der Waals surface area contributed by atoms with Crippen molar-refractivity contribution in [3.63, 3.8) is 0 Å². The van der Waals surface area contributed by atoms with Crippen molar-refractivity contribution in [2.45, 2.75) is 13.8 Å². The molecular formula is C14H16N4OS. The molecule has 0 spiro atoms. The summed E-state index contributed by atoms with van der Waals surface area (Å²) >= 11 is 4.96. The highest BCUT2D eigenvalue weighted by atomic mass is 32.1. The van der Waals surface area contributed by atoms with Gasteiger partial charge in [-0.25, -0.2) is 15.0 Å². The van der Waals surface area contributed by atoms with Crippen LogP contribution in [0.25, 0.3) is 11.1 Å². The van der Waals surface area contributed by atoms with E-state index in [4.69, 9.17) is 22.7 Å². The molecule has 20 heavy (non-hydrogen) atoms. The Bertz CT molecular complexity index is 601. The molecule has 0 radical (unpaired) electrons. The molecule has 0 unspecified atom stereocenters. The van der Waals surface area contributed by atoms with E-state index < -0.39 is 0 Å². The molecule has 0 amide bonds. The second-order valence-electron chi connectivity index (χ2n) is 4.76. The van der Waals surface area contributed by atoms with Gasteiger partial charge in [-0.05, 0) is 12.0 Å². The summed E-state index contributed by atoms with van der Waals surface area (Å²) < 4.78 is 5.79. The van der Waals surface area contributed by atoms with Gasteiger partial charge in [0.2, 0.25) is 0 Å². The highest BCUT2D eigenvalue weighted by Crippen LogP contribution is 2.29. The maximum atomic E-state index is 5.79. The Hall–Kier alpha value is -2.08. The number of pyridine rings is 1. The van der Waals surface area contributed by atoms with Gasteiger partial charge >= 0.3 is 0 Å². The van der Waals surface area contributed by atoms with Crippen molar-refractivity contribution in [1.29, 1.82) is 0 Å². The van der Waals surface area contributed by atoms with Gasteiger partial charge in [-0.1, -0.05) is 26.1 Å². The fraction of sp³-hybridized carbons (Fsp3) is 0.286.